The summed E-state index contributed by atoms with van der Waals surface area (Å²) in [6.07, 6.45) is -3.18. The summed E-state index contributed by atoms with van der Waals surface area (Å²) >= 11 is 1.50. The van der Waals surface area contributed by atoms with Crippen LogP contribution in [0.3, 0.4) is 0 Å². The molecule has 2 N–H and O–H groups in total. The molecule has 1 fully saturated rings. The van der Waals surface area contributed by atoms with E-state index in [1.165, 1.54) is 38.8 Å². The van der Waals surface area contributed by atoms with E-state index >= 15 is 0 Å². The highest BCUT2D eigenvalue weighted by atomic mass is 32.1. The van der Waals surface area contributed by atoms with Gasteiger partial charge in [0.2, 0.25) is 0 Å². The summed E-state index contributed by atoms with van der Waals surface area (Å²) in [7, 11) is 0. The number of hydrogen-bond donors (Lipinski definition) is 2. The predicted molar refractivity (Wildman–Crippen MR) is 151 cm³/mol. The molecular weight excluding hydrogens is 555 g/mol. The molecule has 10 heteroatoms. The van der Waals surface area contributed by atoms with Gasteiger partial charge in [-0.15, -0.1) is 0 Å². The van der Waals surface area contributed by atoms with E-state index in [4.69, 9.17) is 19.4 Å². The van der Waals surface area contributed by atoms with Crippen LogP contribution in [-0.2, 0) is 27.3 Å². The second-order valence-electron chi connectivity index (χ2n) is 9.57. The minimum Gasteiger partial charge on any atom is -0.475 e. The van der Waals surface area contributed by atoms with Crippen molar-refractivity contribution in [3.63, 3.8) is 0 Å². The number of halogens is 3. The van der Waals surface area contributed by atoms with Gasteiger partial charge in [-0.2, -0.15) is 24.5 Å². The fraction of sp³-hybridized carbons (Fsp3) is 0.290. The zero-order valence-corrected chi connectivity index (χ0v) is 22.9. The lowest BCUT2D eigenvalue weighted by Crippen LogP contribution is -2.40. The van der Waals surface area contributed by atoms with Crippen molar-refractivity contribution in [1.82, 2.24) is 5.32 Å². The van der Waals surface area contributed by atoms with Crippen LogP contribution in [0.5, 0.6) is 0 Å². The molecule has 1 saturated heterocycles. The number of carboxylic acids is 1. The third kappa shape index (κ3) is 8.88. The summed E-state index contributed by atoms with van der Waals surface area (Å²) in [5, 5.41) is 16.8. The van der Waals surface area contributed by atoms with Crippen molar-refractivity contribution in [2.45, 2.75) is 37.6 Å². The number of rotatable bonds is 8. The van der Waals surface area contributed by atoms with Gasteiger partial charge in [-0.3, -0.25) is 0 Å². The van der Waals surface area contributed by atoms with E-state index in [1.807, 2.05) is 10.8 Å². The van der Waals surface area contributed by atoms with Crippen LogP contribution in [-0.4, -0.2) is 49.0 Å². The molecule has 4 aromatic rings. The first kappa shape index (κ1) is 30.2. The molecule has 2 heterocycles. The molecule has 6 nitrogen and oxygen atoms in total. The number of carbonyl (C=O) groups excluding carboxylic acids is 1. The second-order valence-corrected chi connectivity index (χ2v) is 10.4. The van der Waals surface area contributed by atoms with Crippen molar-refractivity contribution in [3.05, 3.63) is 106 Å². The van der Waals surface area contributed by atoms with Crippen molar-refractivity contribution in [2.24, 2.45) is 0 Å². The van der Waals surface area contributed by atoms with Gasteiger partial charge in [0.15, 0.2) is 0 Å². The Hall–Kier alpha value is -3.73. The number of hydrogen-bond acceptors (Lipinski definition) is 6. The lowest BCUT2D eigenvalue weighted by Gasteiger charge is -2.32. The Labute approximate surface area is 239 Å². The van der Waals surface area contributed by atoms with Crippen molar-refractivity contribution >= 4 is 34.0 Å². The molecule has 3 aromatic carbocycles. The Morgan fingerprint density at radius 3 is 2.37 bits per heavy atom. The first-order chi connectivity index (χ1) is 19.7. The van der Waals surface area contributed by atoms with Crippen LogP contribution in [0.4, 0.5) is 13.2 Å². The number of ether oxygens (including phenoxy) is 2. The van der Waals surface area contributed by atoms with Gasteiger partial charge in [-0.05, 0) is 57.9 Å². The van der Waals surface area contributed by atoms with Crippen LogP contribution in [0.1, 0.15) is 39.4 Å². The van der Waals surface area contributed by atoms with E-state index in [9.17, 15) is 18.0 Å². The smallest absolute Gasteiger partial charge is 0.475 e. The highest BCUT2D eigenvalue weighted by Gasteiger charge is 2.38. The quantitative estimate of drug-likeness (QED) is 0.227. The van der Waals surface area contributed by atoms with Crippen LogP contribution in [0.25, 0.3) is 10.8 Å². The van der Waals surface area contributed by atoms with Gasteiger partial charge >= 0.3 is 18.1 Å². The van der Waals surface area contributed by atoms with Crippen LogP contribution in [0.15, 0.2) is 83.6 Å². The molecule has 2 atom stereocenters. The Balaban J connectivity index is 0.000000493. The molecule has 0 amide bonds. The number of piperidine rings is 1. The maximum atomic E-state index is 12.0. The number of aliphatic carboxylic acids is 1. The van der Waals surface area contributed by atoms with Crippen LogP contribution in [0, 0.1) is 0 Å². The maximum absolute atomic E-state index is 12.0. The topological polar surface area (TPSA) is 84.9 Å². The van der Waals surface area contributed by atoms with E-state index in [1.54, 1.807) is 6.07 Å². The van der Waals surface area contributed by atoms with Gasteiger partial charge in [0.25, 0.3) is 0 Å². The monoisotopic (exact) mass is 585 g/mol. The van der Waals surface area contributed by atoms with Gasteiger partial charge in [0, 0.05) is 24.3 Å². The second kappa shape index (κ2) is 14.2. The van der Waals surface area contributed by atoms with Gasteiger partial charge in [0.05, 0.1) is 24.9 Å². The number of carboxylic acid groups (broad SMARTS) is 1. The molecule has 216 valence electrons. The Morgan fingerprint density at radius 2 is 1.68 bits per heavy atom. The SMILES string of the molecule is O=C(O)C(F)(F)F.O=C(OCCc1ccc(C2CCNCC2OCc2ccc3ccccc3c2)cc1)c1ccsc1. The summed E-state index contributed by atoms with van der Waals surface area (Å²) < 4.78 is 43.6. The minimum atomic E-state index is -5.08. The summed E-state index contributed by atoms with van der Waals surface area (Å²) in [6.45, 7) is 2.86. The predicted octanol–water partition coefficient (Wildman–Crippen LogP) is 6.60. The Kier molecular flexibility index (Phi) is 10.5. The molecule has 41 heavy (non-hydrogen) atoms. The summed E-state index contributed by atoms with van der Waals surface area (Å²) in [4.78, 5) is 20.9. The average molecular weight is 586 g/mol. The van der Waals surface area contributed by atoms with E-state index < -0.39 is 12.1 Å². The van der Waals surface area contributed by atoms with Crippen molar-refractivity contribution in [1.29, 1.82) is 0 Å². The fourth-order valence-electron chi connectivity index (χ4n) is 4.58. The first-order valence-corrected chi connectivity index (χ1v) is 14.0. The molecule has 2 unspecified atom stereocenters. The molecule has 0 aliphatic carbocycles. The van der Waals surface area contributed by atoms with Crippen molar-refractivity contribution < 1.29 is 37.3 Å². The van der Waals surface area contributed by atoms with Gasteiger partial charge in [-0.1, -0.05) is 60.7 Å². The van der Waals surface area contributed by atoms with Crippen LogP contribution >= 0.6 is 11.3 Å². The Bertz CT molecular complexity index is 1420. The van der Waals surface area contributed by atoms with E-state index in [-0.39, 0.29) is 12.1 Å². The first-order valence-electron chi connectivity index (χ1n) is 13.1. The highest BCUT2D eigenvalue weighted by Crippen LogP contribution is 2.29. The van der Waals surface area contributed by atoms with E-state index in [0.717, 1.165) is 19.5 Å². The average Bonchev–Trinajstić information content (AvgIpc) is 3.52. The number of benzene rings is 3. The molecule has 0 saturated carbocycles. The molecule has 0 spiro atoms. The van der Waals surface area contributed by atoms with Crippen molar-refractivity contribution in [3.8, 4) is 0 Å². The third-order valence-corrected chi connectivity index (χ3v) is 7.42. The zero-order chi connectivity index (χ0) is 29.2. The molecule has 1 aliphatic rings. The molecule has 1 aromatic heterocycles. The van der Waals surface area contributed by atoms with E-state index in [0.29, 0.717) is 31.1 Å². The standard InChI is InChI=1S/C29H29NO3S.C2HF3O2/c31-29(26-13-16-34-20-26)32-15-12-21-5-9-24(10-6-21)27-11-14-30-18-28(27)33-19-22-7-8-23-3-1-2-4-25(23)17-22;3-2(4,5)1(6)7/h1-10,13,16-17,20,27-28,30H,11-12,14-15,18-19H2;(H,6,7). The largest absolute Gasteiger partial charge is 0.490 e. The molecule has 0 bridgehead atoms. The van der Waals surface area contributed by atoms with Gasteiger partial charge in [-0.25, -0.2) is 9.59 Å². The third-order valence-electron chi connectivity index (χ3n) is 6.74. The summed E-state index contributed by atoms with van der Waals surface area (Å²) in [5.74, 6) is -2.64. The summed E-state index contributed by atoms with van der Waals surface area (Å²) in [6, 6.07) is 25.5. The highest BCUT2D eigenvalue weighted by molar-refractivity contribution is 7.08. The minimum absolute atomic E-state index is 0.137. The molecular formula is C31H30F3NO5S. The Morgan fingerprint density at radius 1 is 0.976 bits per heavy atom. The van der Waals surface area contributed by atoms with Crippen LogP contribution in [0.2, 0.25) is 0 Å². The number of esters is 1. The number of thiophene rings is 1. The number of fused-ring (bicyclic) bond motifs is 1. The summed E-state index contributed by atoms with van der Waals surface area (Å²) in [5.41, 5.74) is 4.31. The number of carbonyl (C=O) groups is 2. The number of alkyl halides is 3. The molecule has 0 radical (unpaired) electrons. The normalized spacial score (nSPS) is 17.0. The lowest BCUT2D eigenvalue weighted by molar-refractivity contribution is -0.192. The van der Waals surface area contributed by atoms with Gasteiger partial charge < -0.3 is 19.9 Å². The van der Waals surface area contributed by atoms with Gasteiger partial charge in [0.1, 0.15) is 0 Å². The molecule has 1 aliphatic heterocycles. The van der Waals surface area contributed by atoms with Crippen LogP contribution < -0.4 is 5.32 Å². The fourth-order valence-corrected chi connectivity index (χ4v) is 5.20. The maximum Gasteiger partial charge on any atom is 0.490 e. The van der Waals surface area contributed by atoms with E-state index in [2.05, 4.69) is 72.0 Å². The number of nitrogens with one attached hydrogen (secondary N) is 1. The lowest BCUT2D eigenvalue weighted by atomic mass is 9.87. The van der Waals surface area contributed by atoms with Crippen molar-refractivity contribution in [2.75, 3.05) is 19.7 Å². The zero-order valence-electron chi connectivity index (χ0n) is 22.1. The molecule has 5 rings (SSSR count).